The van der Waals surface area contributed by atoms with Crippen molar-refractivity contribution in [1.29, 1.82) is 0 Å². The fourth-order valence-electron chi connectivity index (χ4n) is 5.17. The number of fused-ring (bicyclic) bond motifs is 1. The molecule has 2 aliphatic rings. The summed E-state index contributed by atoms with van der Waals surface area (Å²) in [6.45, 7) is 4.46. The predicted octanol–water partition coefficient (Wildman–Crippen LogP) is 5.97. The molecule has 160 valence electrons. The summed E-state index contributed by atoms with van der Waals surface area (Å²) < 4.78 is 20.8. The molecule has 2 aromatic rings. The first kappa shape index (κ1) is 21.5. The lowest BCUT2D eigenvalue weighted by Crippen LogP contribution is -2.60. The molecular weight excluding hydrogens is 445 g/mol. The predicted molar refractivity (Wildman–Crippen MR) is 120 cm³/mol. The molecule has 1 amide bonds. The van der Waals surface area contributed by atoms with Gasteiger partial charge in [-0.05, 0) is 61.1 Å². The van der Waals surface area contributed by atoms with E-state index < -0.39 is 0 Å². The summed E-state index contributed by atoms with van der Waals surface area (Å²) in [4.78, 5) is 12.9. The highest BCUT2D eigenvalue weighted by Gasteiger charge is 2.49. The second-order valence-corrected chi connectivity index (χ2v) is 10.1. The molecule has 0 spiro atoms. The van der Waals surface area contributed by atoms with Gasteiger partial charge in [-0.1, -0.05) is 53.5 Å². The summed E-state index contributed by atoms with van der Waals surface area (Å²) in [7, 11) is 0. The lowest BCUT2D eigenvalue weighted by Gasteiger charge is -2.52. The minimum atomic E-state index is -0.335. The van der Waals surface area contributed by atoms with Crippen LogP contribution in [-0.2, 0) is 16.0 Å². The van der Waals surface area contributed by atoms with E-state index in [1.807, 2.05) is 12.1 Å². The smallest absolute Gasteiger partial charge is 0.224 e. The Labute approximate surface area is 186 Å². The van der Waals surface area contributed by atoms with Crippen LogP contribution in [-0.4, -0.2) is 17.6 Å². The van der Waals surface area contributed by atoms with Gasteiger partial charge in [-0.25, -0.2) is 4.39 Å². The average molecular weight is 474 g/mol. The number of nitrogens with one attached hydrogen (secondary N) is 1. The molecule has 1 saturated heterocycles. The van der Waals surface area contributed by atoms with Crippen molar-refractivity contribution in [2.45, 2.75) is 63.7 Å². The molecule has 4 rings (SSSR count). The van der Waals surface area contributed by atoms with Crippen molar-refractivity contribution in [2.75, 3.05) is 0 Å². The maximum Gasteiger partial charge on any atom is 0.224 e. The van der Waals surface area contributed by atoms with E-state index in [0.717, 1.165) is 41.3 Å². The van der Waals surface area contributed by atoms with Gasteiger partial charge in [0.15, 0.2) is 0 Å². The Morgan fingerprint density at radius 2 is 1.87 bits per heavy atom. The highest BCUT2D eigenvalue weighted by molar-refractivity contribution is 9.10. The maximum absolute atomic E-state index is 13.2. The number of hydrogen-bond acceptors (Lipinski definition) is 2. The molecule has 2 aromatic carbocycles. The molecule has 30 heavy (non-hydrogen) atoms. The third kappa shape index (κ3) is 4.78. The van der Waals surface area contributed by atoms with E-state index in [4.69, 9.17) is 4.74 Å². The van der Waals surface area contributed by atoms with Crippen molar-refractivity contribution in [3.05, 3.63) is 69.9 Å². The zero-order valence-electron chi connectivity index (χ0n) is 17.5. The molecule has 1 saturated carbocycles. The molecule has 1 aliphatic heterocycles. The molecular formula is C25H29BrFNO2. The number of ether oxygens (including phenoxy) is 1. The molecule has 0 bridgehead atoms. The second kappa shape index (κ2) is 8.80. The van der Waals surface area contributed by atoms with E-state index in [2.05, 4.69) is 47.2 Å². The van der Waals surface area contributed by atoms with Gasteiger partial charge in [0.1, 0.15) is 5.82 Å². The van der Waals surface area contributed by atoms with Crippen LogP contribution in [0.2, 0.25) is 0 Å². The number of halogens is 2. The maximum atomic E-state index is 13.2. The van der Waals surface area contributed by atoms with Crippen LogP contribution in [0.4, 0.5) is 4.39 Å². The summed E-state index contributed by atoms with van der Waals surface area (Å²) >= 11 is 3.50. The largest absolute Gasteiger partial charge is 0.370 e. The fourth-order valence-corrected chi connectivity index (χ4v) is 5.44. The molecule has 0 aromatic heterocycles. The first-order valence-electron chi connectivity index (χ1n) is 10.8. The lowest BCUT2D eigenvalue weighted by molar-refractivity contribution is -0.153. The molecule has 1 aliphatic carbocycles. The van der Waals surface area contributed by atoms with Crippen LogP contribution in [0.3, 0.4) is 0 Å². The number of amides is 1. The van der Waals surface area contributed by atoms with Gasteiger partial charge in [0, 0.05) is 22.4 Å². The Kier molecular flexibility index (Phi) is 6.31. The van der Waals surface area contributed by atoms with Crippen molar-refractivity contribution in [2.24, 2.45) is 11.8 Å². The summed E-state index contributed by atoms with van der Waals surface area (Å²) in [6, 6.07) is 14.4. The Hall–Kier alpha value is -1.72. The average Bonchev–Trinajstić information content (AvgIpc) is 2.69. The normalized spacial score (nSPS) is 31.1. The van der Waals surface area contributed by atoms with Crippen LogP contribution in [0.25, 0.3) is 0 Å². The Morgan fingerprint density at radius 1 is 1.17 bits per heavy atom. The third-order valence-corrected chi connectivity index (χ3v) is 7.29. The molecule has 2 fully saturated rings. The van der Waals surface area contributed by atoms with Gasteiger partial charge in [-0.3, -0.25) is 4.79 Å². The summed E-state index contributed by atoms with van der Waals surface area (Å²) in [6.07, 6.45) is 4.37. The van der Waals surface area contributed by atoms with Crippen LogP contribution < -0.4 is 5.32 Å². The number of rotatable bonds is 4. The quantitative estimate of drug-likeness (QED) is 0.593. The topological polar surface area (TPSA) is 38.3 Å². The fraction of sp³-hybridized carbons (Fsp3) is 0.480. The van der Waals surface area contributed by atoms with Gasteiger partial charge < -0.3 is 10.1 Å². The number of carbonyl (C=O) groups excluding carboxylic acids is 1. The molecule has 5 atom stereocenters. The number of hydrogen-bond donors (Lipinski definition) is 1. The zero-order valence-corrected chi connectivity index (χ0v) is 19.1. The van der Waals surface area contributed by atoms with Crippen LogP contribution in [0.15, 0.2) is 53.0 Å². The van der Waals surface area contributed by atoms with Crippen LogP contribution in [0, 0.1) is 17.7 Å². The third-order valence-electron chi connectivity index (χ3n) is 6.77. The van der Waals surface area contributed by atoms with Crippen LogP contribution in [0.1, 0.15) is 56.8 Å². The van der Waals surface area contributed by atoms with E-state index >= 15 is 0 Å². The number of carbonyl (C=O) groups is 1. The summed E-state index contributed by atoms with van der Waals surface area (Å²) in [5.41, 5.74) is 1.63. The minimum absolute atomic E-state index is 0.0158. The molecule has 1 heterocycles. The Bertz CT molecular complexity index is 885. The van der Waals surface area contributed by atoms with Crippen molar-refractivity contribution in [3.8, 4) is 0 Å². The van der Waals surface area contributed by atoms with Crippen LogP contribution in [0.5, 0.6) is 0 Å². The van der Waals surface area contributed by atoms with E-state index in [0.29, 0.717) is 11.8 Å². The van der Waals surface area contributed by atoms with Crippen molar-refractivity contribution >= 4 is 21.8 Å². The van der Waals surface area contributed by atoms with Crippen molar-refractivity contribution in [3.63, 3.8) is 0 Å². The van der Waals surface area contributed by atoms with Gasteiger partial charge in [-0.15, -0.1) is 0 Å². The molecule has 5 heteroatoms. The van der Waals surface area contributed by atoms with Gasteiger partial charge >= 0.3 is 0 Å². The second-order valence-electron chi connectivity index (χ2n) is 9.21. The molecule has 3 nitrogen and oxygen atoms in total. The van der Waals surface area contributed by atoms with Gasteiger partial charge in [-0.2, -0.15) is 0 Å². The van der Waals surface area contributed by atoms with E-state index in [1.165, 1.54) is 12.1 Å². The van der Waals surface area contributed by atoms with Gasteiger partial charge in [0.25, 0.3) is 0 Å². The Balaban J connectivity index is 1.54. The first-order chi connectivity index (χ1) is 14.3. The van der Waals surface area contributed by atoms with Crippen LogP contribution >= 0.6 is 15.9 Å². The minimum Gasteiger partial charge on any atom is -0.370 e. The summed E-state index contributed by atoms with van der Waals surface area (Å²) in [5.74, 6) is 0.636. The van der Waals surface area contributed by atoms with E-state index in [-0.39, 0.29) is 35.9 Å². The van der Waals surface area contributed by atoms with Gasteiger partial charge in [0.2, 0.25) is 5.91 Å². The molecule has 1 N–H and O–H groups in total. The van der Waals surface area contributed by atoms with Crippen molar-refractivity contribution < 1.29 is 13.9 Å². The molecule has 0 radical (unpaired) electrons. The first-order valence-corrected chi connectivity index (χ1v) is 11.6. The highest BCUT2D eigenvalue weighted by Crippen LogP contribution is 2.48. The lowest BCUT2D eigenvalue weighted by atomic mass is 9.66. The highest BCUT2D eigenvalue weighted by atomic mass is 79.9. The van der Waals surface area contributed by atoms with Crippen molar-refractivity contribution in [1.82, 2.24) is 5.32 Å². The van der Waals surface area contributed by atoms with E-state index in [1.54, 1.807) is 12.1 Å². The standard InChI is InChI=1S/C25H29BrFNO2/c1-16-3-12-21-22(13-16)30-23(18-6-8-19(26)9-7-18)15-25(21,2)28-24(29)14-17-4-10-20(27)11-5-17/h4-11,16,21-23H,3,12-15H2,1-2H3,(H,28,29)/t16-,21-,22-,23-,25-/m0/s1. The number of benzene rings is 2. The summed E-state index contributed by atoms with van der Waals surface area (Å²) in [5, 5.41) is 3.36. The Morgan fingerprint density at radius 3 is 2.57 bits per heavy atom. The van der Waals surface area contributed by atoms with Gasteiger partial charge in [0.05, 0.1) is 18.6 Å². The molecule has 0 unspecified atom stereocenters. The SMILES string of the molecule is C[C@H]1CC[C@H]2[C@H](C1)O[C@H](c1ccc(Br)cc1)C[C@]2(C)NC(=O)Cc1ccc(F)cc1. The monoisotopic (exact) mass is 473 g/mol. The van der Waals surface area contributed by atoms with E-state index in [9.17, 15) is 9.18 Å². The zero-order chi connectivity index (χ0) is 21.3.